The third-order valence-electron chi connectivity index (χ3n) is 6.43. The predicted octanol–water partition coefficient (Wildman–Crippen LogP) is 2.35. The van der Waals surface area contributed by atoms with Gasteiger partial charge in [-0.05, 0) is 36.4 Å². The van der Waals surface area contributed by atoms with Crippen LogP contribution in [-0.4, -0.2) is 44.0 Å². The summed E-state index contributed by atoms with van der Waals surface area (Å²) in [4.78, 5) is 28.3. The second-order valence-electron chi connectivity index (χ2n) is 8.08. The van der Waals surface area contributed by atoms with Gasteiger partial charge in [-0.1, -0.05) is 12.2 Å². The van der Waals surface area contributed by atoms with Gasteiger partial charge in [0.1, 0.15) is 11.4 Å². The summed E-state index contributed by atoms with van der Waals surface area (Å²) in [6.07, 6.45) is 3.42. The van der Waals surface area contributed by atoms with Crippen LogP contribution in [-0.2, 0) is 14.3 Å². The number of carbonyl (C=O) groups is 2. The first-order chi connectivity index (χ1) is 15.1. The summed E-state index contributed by atoms with van der Waals surface area (Å²) in [6.45, 7) is 0.542. The minimum absolute atomic E-state index is 0.108. The van der Waals surface area contributed by atoms with E-state index in [1.807, 2.05) is 36.4 Å². The van der Waals surface area contributed by atoms with Crippen molar-refractivity contribution < 1.29 is 28.5 Å². The van der Waals surface area contributed by atoms with Gasteiger partial charge >= 0.3 is 0 Å². The largest absolute Gasteiger partial charge is 0.497 e. The number of hydrogen-bond acceptors (Lipinski definition) is 6. The lowest BCUT2D eigenvalue weighted by atomic mass is 9.77. The molecule has 4 aliphatic rings. The van der Waals surface area contributed by atoms with Crippen molar-refractivity contribution in [3.63, 3.8) is 0 Å². The summed E-state index contributed by atoms with van der Waals surface area (Å²) in [5.41, 5.74) is 0.566. The van der Waals surface area contributed by atoms with E-state index in [9.17, 15) is 9.59 Å². The summed E-state index contributed by atoms with van der Waals surface area (Å²) >= 11 is 0. The summed E-state index contributed by atoms with van der Waals surface area (Å²) in [5.74, 6) is 0.412. The van der Waals surface area contributed by atoms with E-state index in [1.165, 1.54) is 0 Å². The minimum Gasteiger partial charge on any atom is -0.497 e. The van der Waals surface area contributed by atoms with E-state index in [4.69, 9.17) is 18.9 Å². The van der Waals surface area contributed by atoms with Crippen LogP contribution in [0.2, 0.25) is 0 Å². The van der Waals surface area contributed by atoms with Crippen LogP contribution in [0.15, 0.2) is 54.6 Å². The molecule has 0 radical (unpaired) electrons. The van der Waals surface area contributed by atoms with Gasteiger partial charge in [-0.2, -0.15) is 0 Å². The van der Waals surface area contributed by atoms with Crippen LogP contribution >= 0.6 is 0 Å². The first-order valence-electron chi connectivity index (χ1n) is 10.1. The zero-order valence-corrected chi connectivity index (χ0v) is 16.7. The molecule has 1 N–H and O–H groups in total. The Morgan fingerprint density at radius 1 is 1.16 bits per heavy atom. The molecule has 8 nitrogen and oxygen atoms in total. The summed E-state index contributed by atoms with van der Waals surface area (Å²) in [5, 5.41) is 2.92. The van der Waals surface area contributed by atoms with Crippen LogP contribution in [0.5, 0.6) is 17.2 Å². The summed E-state index contributed by atoms with van der Waals surface area (Å²) in [7, 11) is 1.60. The molecule has 158 valence electrons. The van der Waals surface area contributed by atoms with Gasteiger partial charge in [0.25, 0.3) is 0 Å². The molecule has 2 bridgehead atoms. The molecule has 4 atom stereocenters. The number of hydrogen-bond donors (Lipinski definition) is 1. The molecule has 2 saturated heterocycles. The fourth-order valence-corrected chi connectivity index (χ4v) is 4.98. The number of carbonyl (C=O) groups excluding carboxylic acids is 2. The van der Waals surface area contributed by atoms with Crippen molar-refractivity contribution in [2.45, 2.75) is 11.7 Å². The lowest BCUT2D eigenvalue weighted by Gasteiger charge is -2.23. The molecule has 2 aromatic rings. The number of methoxy groups -OCH3 is 1. The molecule has 2 aromatic carbocycles. The number of nitrogens with zero attached hydrogens (tertiary/aromatic N) is 1. The molecule has 2 fully saturated rings. The van der Waals surface area contributed by atoms with Gasteiger partial charge < -0.3 is 29.2 Å². The first-order valence-corrected chi connectivity index (χ1v) is 10.1. The highest BCUT2D eigenvalue weighted by molar-refractivity contribution is 6.05. The van der Waals surface area contributed by atoms with E-state index in [-0.39, 0.29) is 18.6 Å². The SMILES string of the molecule is COc1ccc(N2C[C@@]34C=C[C@@H](O3)C(C(=O)Nc3ccc5c(c3)OCO5)[C@@H]4C2=O)cc1. The standard InChI is InChI=1S/C23H20N2O6/c1-28-15-5-3-14(4-6-15)25-11-23-9-8-17(31-23)19(20(23)22(25)27)21(26)24-13-2-7-16-18(10-13)30-12-29-16/h2-10,17,19-20H,11-12H2,1H3,(H,24,26)/t17-,19?,20-,23-/m1/s1. The zero-order chi connectivity index (χ0) is 21.2. The van der Waals surface area contributed by atoms with Crippen molar-refractivity contribution in [1.29, 1.82) is 0 Å². The minimum atomic E-state index is -0.779. The van der Waals surface area contributed by atoms with Gasteiger partial charge in [0, 0.05) is 17.4 Å². The van der Waals surface area contributed by atoms with Crippen molar-refractivity contribution in [2.75, 3.05) is 30.7 Å². The molecular formula is C23H20N2O6. The molecule has 2 amide bonds. The van der Waals surface area contributed by atoms with Crippen molar-refractivity contribution in [3.05, 3.63) is 54.6 Å². The van der Waals surface area contributed by atoms with Crippen LogP contribution < -0.4 is 24.4 Å². The van der Waals surface area contributed by atoms with Gasteiger partial charge in [-0.25, -0.2) is 0 Å². The maximum Gasteiger partial charge on any atom is 0.234 e. The van der Waals surface area contributed by atoms with Crippen molar-refractivity contribution in [3.8, 4) is 17.2 Å². The quantitative estimate of drug-likeness (QED) is 0.765. The Bertz CT molecular complexity index is 1110. The second kappa shape index (κ2) is 6.49. The number of fused-ring (bicyclic) bond motifs is 2. The highest BCUT2D eigenvalue weighted by atomic mass is 16.7. The van der Waals surface area contributed by atoms with E-state index in [2.05, 4.69) is 5.32 Å². The Balaban J connectivity index is 1.26. The molecule has 4 aliphatic heterocycles. The number of nitrogens with one attached hydrogen (secondary N) is 1. The molecule has 0 saturated carbocycles. The van der Waals surface area contributed by atoms with Crippen LogP contribution in [0.25, 0.3) is 0 Å². The molecule has 1 spiro atoms. The lowest BCUT2D eigenvalue weighted by molar-refractivity contribution is -0.128. The Morgan fingerprint density at radius 2 is 1.97 bits per heavy atom. The predicted molar refractivity (Wildman–Crippen MR) is 110 cm³/mol. The molecule has 0 aromatic heterocycles. The number of anilines is 2. The van der Waals surface area contributed by atoms with Crippen molar-refractivity contribution >= 4 is 23.2 Å². The van der Waals surface area contributed by atoms with E-state index in [0.29, 0.717) is 29.5 Å². The Labute approximate surface area is 178 Å². The monoisotopic (exact) mass is 420 g/mol. The van der Waals surface area contributed by atoms with Crippen molar-refractivity contribution in [2.24, 2.45) is 11.8 Å². The average Bonchev–Trinajstić information content (AvgIpc) is 3.54. The van der Waals surface area contributed by atoms with Crippen LogP contribution in [0, 0.1) is 11.8 Å². The summed E-state index contributed by atoms with van der Waals surface area (Å²) < 4.78 is 22.1. The van der Waals surface area contributed by atoms with Gasteiger partial charge in [0.2, 0.25) is 18.6 Å². The molecule has 4 heterocycles. The third kappa shape index (κ3) is 2.64. The zero-order valence-electron chi connectivity index (χ0n) is 16.7. The van der Waals surface area contributed by atoms with Crippen molar-refractivity contribution in [1.82, 2.24) is 0 Å². The maximum atomic E-state index is 13.4. The number of amides is 2. The fourth-order valence-electron chi connectivity index (χ4n) is 4.98. The van der Waals surface area contributed by atoms with Gasteiger partial charge in [-0.3, -0.25) is 9.59 Å². The highest BCUT2D eigenvalue weighted by Gasteiger charge is 2.67. The average molecular weight is 420 g/mol. The highest BCUT2D eigenvalue weighted by Crippen LogP contribution is 2.53. The molecule has 8 heteroatoms. The Hall–Kier alpha value is -3.52. The van der Waals surface area contributed by atoms with Crippen LogP contribution in [0.4, 0.5) is 11.4 Å². The molecular weight excluding hydrogens is 400 g/mol. The Kier molecular flexibility index (Phi) is 3.82. The Morgan fingerprint density at radius 3 is 2.77 bits per heavy atom. The summed E-state index contributed by atoms with van der Waals surface area (Å²) in [6, 6.07) is 12.5. The van der Waals surface area contributed by atoms with E-state index in [1.54, 1.807) is 30.2 Å². The number of ether oxygens (including phenoxy) is 4. The topological polar surface area (TPSA) is 86.3 Å². The van der Waals surface area contributed by atoms with Gasteiger partial charge in [0.05, 0.1) is 31.6 Å². The molecule has 1 unspecified atom stereocenters. The smallest absolute Gasteiger partial charge is 0.234 e. The van der Waals surface area contributed by atoms with Gasteiger partial charge in [0.15, 0.2) is 11.5 Å². The van der Waals surface area contributed by atoms with Crippen LogP contribution in [0.3, 0.4) is 0 Å². The van der Waals surface area contributed by atoms with E-state index >= 15 is 0 Å². The van der Waals surface area contributed by atoms with Gasteiger partial charge in [-0.15, -0.1) is 0 Å². The third-order valence-corrected chi connectivity index (χ3v) is 6.43. The molecule has 6 rings (SSSR count). The van der Waals surface area contributed by atoms with E-state index < -0.39 is 23.5 Å². The molecule has 0 aliphatic carbocycles. The number of benzene rings is 2. The lowest BCUT2D eigenvalue weighted by Crippen LogP contribution is -2.41. The second-order valence-corrected chi connectivity index (χ2v) is 8.08. The fraction of sp³-hybridized carbons (Fsp3) is 0.304. The number of rotatable bonds is 4. The van der Waals surface area contributed by atoms with E-state index in [0.717, 1.165) is 5.69 Å². The molecule has 31 heavy (non-hydrogen) atoms. The maximum absolute atomic E-state index is 13.4. The first kappa shape index (κ1) is 18.3. The van der Waals surface area contributed by atoms with Crippen LogP contribution in [0.1, 0.15) is 0 Å². The normalized spacial score (nSPS) is 29.4.